The summed E-state index contributed by atoms with van der Waals surface area (Å²) in [7, 11) is -4.01. The Bertz CT molecular complexity index is 1080. The van der Waals surface area contributed by atoms with E-state index in [0.717, 1.165) is 17.7 Å². The van der Waals surface area contributed by atoms with Crippen LogP contribution >= 0.6 is 0 Å². The SMILES string of the molecule is CCOC(=O)c1cccc(N(Cc2ccccc2)S(=O)(=O)c2ccc(F)cc2)c1. The van der Waals surface area contributed by atoms with Gasteiger partial charge in [0.25, 0.3) is 10.0 Å². The maximum atomic E-state index is 13.3. The van der Waals surface area contributed by atoms with Crippen molar-refractivity contribution in [3.8, 4) is 0 Å². The van der Waals surface area contributed by atoms with Crippen molar-refractivity contribution >= 4 is 21.7 Å². The third kappa shape index (κ3) is 4.81. The molecule has 0 N–H and O–H groups in total. The van der Waals surface area contributed by atoms with E-state index in [2.05, 4.69) is 0 Å². The van der Waals surface area contributed by atoms with Crippen LogP contribution in [0, 0.1) is 5.82 Å². The van der Waals surface area contributed by atoms with Crippen LogP contribution in [0.25, 0.3) is 0 Å². The molecule has 0 aliphatic carbocycles. The number of anilines is 1. The number of benzene rings is 3. The van der Waals surface area contributed by atoms with Gasteiger partial charge in [-0.25, -0.2) is 17.6 Å². The lowest BCUT2D eigenvalue weighted by molar-refractivity contribution is 0.0526. The highest BCUT2D eigenvalue weighted by Gasteiger charge is 2.26. The fraction of sp³-hybridized carbons (Fsp3) is 0.136. The van der Waals surface area contributed by atoms with Gasteiger partial charge in [0, 0.05) is 0 Å². The van der Waals surface area contributed by atoms with Crippen molar-refractivity contribution in [1.82, 2.24) is 0 Å². The number of rotatable bonds is 7. The molecule has 0 spiro atoms. The standard InChI is InChI=1S/C22H20FNO4S/c1-2-28-22(25)18-9-6-10-20(15-18)24(16-17-7-4-3-5-8-17)29(26,27)21-13-11-19(23)12-14-21/h3-15H,2,16H2,1H3. The minimum absolute atomic E-state index is 0.0450. The lowest BCUT2D eigenvalue weighted by Crippen LogP contribution is -2.30. The van der Waals surface area contributed by atoms with Gasteiger partial charge in [0.2, 0.25) is 0 Å². The summed E-state index contributed by atoms with van der Waals surface area (Å²) in [5.74, 6) is -1.06. The van der Waals surface area contributed by atoms with Gasteiger partial charge in [-0.1, -0.05) is 36.4 Å². The quantitative estimate of drug-likeness (QED) is 0.539. The Labute approximate surface area is 169 Å². The van der Waals surface area contributed by atoms with Crippen LogP contribution in [0.1, 0.15) is 22.8 Å². The first kappa shape index (κ1) is 20.5. The first-order chi connectivity index (χ1) is 13.9. The number of esters is 1. The van der Waals surface area contributed by atoms with Crippen LogP contribution in [-0.4, -0.2) is 21.0 Å². The second-order valence-corrected chi connectivity index (χ2v) is 8.08. The van der Waals surface area contributed by atoms with Crippen LogP contribution < -0.4 is 4.31 Å². The summed E-state index contributed by atoms with van der Waals surface area (Å²) >= 11 is 0. The largest absolute Gasteiger partial charge is 0.462 e. The Morgan fingerprint density at radius 1 is 0.966 bits per heavy atom. The number of nitrogens with zero attached hydrogens (tertiary/aromatic N) is 1. The molecule has 0 atom stereocenters. The Hall–Kier alpha value is -3.19. The Morgan fingerprint density at radius 3 is 2.31 bits per heavy atom. The van der Waals surface area contributed by atoms with Crippen molar-refractivity contribution in [3.05, 3.63) is 95.8 Å². The van der Waals surface area contributed by atoms with E-state index in [4.69, 9.17) is 4.74 Å². The van der Waals surface area contributed by atoms with Crippen LogP contribution in [0.5, 0.6) is 0 Å². The predicted octanol–water partition coefficient (Wildman–Crippen LogP) is 4.40. The molecule has 150 valence electrons. The molecule has 0 unspecified atom stereocenters. The van der Waals surface area contributed by atoms with Crippen LogP contribution in [0.3, 0.4) is 0 Å². The number of carbonyl (C=O) groups excluding carboxylic acids is 1. The highest BCUT2D eigenvalue weighted by atomic mass is 32.2. The minimum atomic E-state index is -4.01. The highest BCUT2D eigenvalue weighted by molar-refractivity contribution is 7.92. The van der Waals surface area contributed by atoms with Gasteiger partial charge in [-0.15, -0.1) is 0 Å². The van der Waals surface area contributed by atoms with Crippen molar-refractivity contribution in [2.75, 3.05) is 10.9 Å². The van der Waals surface area contributed by atoms with Crippen molar-refractivity contribution in [2.45, 2.75) is 18.4 Å². The van der Waals surface area contributed by atoms with E-state index in [9.17, 15) is 17.6 Å². The van der Waals surface area contributed by atoms with Gasteiger partial charge in [-0.05, 0) is 55.0 Å². The van der Waals surface area contributed by atoms with Gasteiger partial charge in [0.1, 0.15) is 5.82 Å². The van der Waals surface area contributed by atoms with E-state index in [1.54, 1.807) is 25.1 Å². The van der Waals surface area contributed by atoms with E-state index in [1.165, 1.54) is 22.5 Å². The topological polar surface area (TPSA) is 63.7 Å². The molecular weight excluding hydrogens is 393 g/mol. The predicted molar refractivity (Wildman–Crippen MR) is 109 cm³/mol. The summed E-state index contributed by atoms with van der Waals surface area (Å²) in [6.45, 7) is 1.96. The molecule has 3 rings (SSSR count). The Morgan fingerprint density at radius 2 is 1.66 bits per heavy atom. The molecule has 0 saturated heterocycles. The number of sulfonamides is 1. The van der Waals surface area contributed by atoms with E-state index in [1.807, 2.05) is 30.3 Å². The van der Waals surface area contributed by atoms with E-state index in [0.29, 0.717) is 5.69 Å². The fourth-order valence-corrected chi connectivity index (χ4v) is 4.25. The summed E-state index contributed by atoms with van der Waals surface area (Å²) in [6.07, 6.45) is 0. The molecule has 0 fully saturated rings. The fourth-order valence-electron chi connectivity index (χ4n) is 2.80. The third-order valence-corrected chi connectivity index (χ3v) is 6.00. The lowest BCUT2D eigenvalue weighted by atomic mass is 10.2. The molecule has 0 amide bonds. The minimum Gasteiger partial charge on any atom is -0.462 e. The van der Waals surface area contributed by atoms with E-state index < -0.39 is 21.8 Å². The maximum absolute atomic E-state index is 13.3. The number of hydrogen-bond acceptors (Lipinski definition) is 4. The second kappa shape index (κ2) is 8.87. The molecule has 0 aliphatic heterocycles. The van der Waals surface area contributed by atoms with Crippen LogP contribution in [0.4, 0.5) is 10.1 Å². The highest BCUT2D eigenvalue weighted by Crippen LogP contribution is 2.27. The molecule has 5 nitrogen and oxygen atoms in total. The number of hydrogen-bond donors (Lipinski definition) is 0. The number of ether oxygens (including phenoxy) is 1. The normalized spacial score (nSPS) is 11.1. The molecule has 0 aliphatic rings. The molecule has 3 aromatic rings. The monoisotopic (exact) mass is 413 g/mol. The molecule has 29 heavy (non-hydrogen) atoms. The summed E-state index contributed by atoms with van der Waals surface area (Å²) in [6, 6.07) is 20.0. The molecule has 3 aromatic carbocycles. The van der Waals surface area contributed by atoms with E-state index in [-0.39, 0.29) is 23.6 Å². The zero-order valence-corrected chi connectivity index (χ0v) is 16.6. The summed E-state index contributed by atoms with van der Waals surface area (Å²) in [4.78, 5) is 12.1. The van der Waals surface area contributed by atoms with Gasteiger partial charge >= 0.3 is 5.97 Å². The average Bonchev–Trinajstić information content (AvgIpc) is 2.73. The smallest absolute Gasteiger partial charge is 0.338 e. The average molecular weight is 413 g/mol. The molecule has 7 heteroatoms. The number of carbonyl (C=O) groups is 1. The van der Waals surface area contributed by atoms with Gasteiger partial charge in [-0.3, -0.25) is 4.31 Å². The van der Waals surface area contributed by atoms with Crippen molar-refractivity contribution in [1.29, 1.82) is 0 Å². The van der Waals surface area contributed by atoms with Crippen LogP contribution in [0.2, 0.25) is 0 Å². The molecule has 0 bridgehead atoms. The van der Waals surface area contributed by atoms with Crippen molar-refractivity contribution in [3.63, 3.8) is 0 Å². The zero-order chi connectivity index (χ0) is 20.9. The van der Waals surface area contributed by atoms with Crippen LogP contribution in [0.15, 0.2) is 83.8 Å². The molecule has 0 saturated carbocycles. The van der Waals surface area contributed by atoms with Gasteiger partial charge in [-0.2, -0.15) is 0 Å². The van der Waals surface area contributed by atoms with Gasteiger partial charge < -0.3 is 4.74 Å². The molecular formula is C22H20FNO4S. The Balaban J connectivity index is 2.07. The van der Waals surface area contributed by atoms with Crippen LogP contribution in [-0.2, 0) is 21.3 Å². The molecule has 0 aromatic heterocycles. The maximum Gasteiger partial charge on any atom is 0.338 e. The first-order valence-electron chi connectivity index (χ1n) is 9.01. The van der Waals surface area contributed by atoms with Crippen molar-refractivity contribution in [2.24, 2.45) is 0 Å². The van der Waals surface area contributed by atoms with Gasteiger partial charge in [0.15, 0.2) is 0 Å². The second-order valence-electron chi connectivity index (χ2n) is 6.22. The summed E-state index contributed by atoms with van der Waals surface area (Å²) < 4.78 is 46.2. The lowest BCUT2D eigenvalue weighted by Gasteiger charge is -2.25. The van der Waals surface area contributed by atoms with Crippen molar-refractivity contribution < 1.29 is 22.3 Å². The molecule has 0 radical (unpaired) electrons. The summed E-state index contributed by atoms with van der Waals surface area (Å²) in [5, 5.41) is 0. The van der Waals surface area contributed by atoms with E-state index >= 15 is 0 Å². The Kier molecular flexibility index (Phi) is 6.29. The van der Waals surface area contributed by atoms with Gasteiger partial charge in [0.05, 0.1) is 29.3 Å². The zero-order valence-electron chi connectivity index (χ0n) is 15.8. The summed E-state index contributed by atoms with van der Waals surface area (Å²) in [5.41, 5.74) is 1.32. The first-order valence-corrected chi connectivity index (χ1v) is 10.4. The molecule has 0 heterocycles. The third-order valence-electron chi connectivity index (χ3n) is 4.22. The number of halogens is 1.